The van der Waals surface area contributed by atoms with Crippen LogP contribution in [-0.2, 0) is 4.74 Å². The lowest BCUT2D eigenvalue weighted by atomic mass is 10.1. The van der Waals surface area contributed by atoms with E-state index in [1.165, 1.54) is 17.2 Å². The summed E-state index contributed by atoms with van der Waals surface area (Å²) in [7, 11) is 0. The van der Waals surface area contributed by atoms with E-state index in [0.717, 1.165) is 0 Å². The van der Waals surface area contributed by atoms with Gasteiger partial charge in [0.25, 0.3) is 0 Å². The van der Waals surface area contributed by atoms with Gasteiger partial charge in [0.2, 0.25) is 0 Å². The molecule has 0 unspecified atom stereocenters. The molecular weight excluding hydrogens is 278 g/mol. The summed E-state index contributed by atoms with van der Waals surface area (Å²) in [6.07, 6.45) is 0.440. The highest BCUT2D eigenvalue weighted by molar-refractivity contribution is 5.56. The minimum absolute atomic E-state index is 0.322. The molecule has 0 aliphatic carbocycles. The van der Waals surface area contributed by atoms with Gasteiger partial charge in [-0.3, -0.25) is 0 Å². The van der Waals surface area contributed by atoms with Gasteiger partial charge in [0.1, 0.15) is 36.2 Å². The number of hydrogen-bond donors (Lipinski definition) is 4. The lowest BCUT2D eigenvalue weighted by Crippen LogP contribution is -2.33. The van der Waals surface area contributed by atoms with Crippen molar-refractivity contribution in [2.45, 2.75) is 24.5 Å². The number of nitrogen functional groups attached to an aromatic ring is 1. The van der Waals surface area contributed by atoms with Crippen LogP contribution >= 0.6 is 0 Å². The molecule has 3 heterocycles. The second-order valence-electron chi connectivity index (χ2n) is 4.76. The van der Waals surface area contributed by atoms with Crippen LogP contribution in [0.25, 0.3) is 11.4 Å². The maximum atomic E-state index is 9.96. The number of nitrogens with zero attached hydrogens (tertiary/aromatic N) is 4. The van der Waals surface area contributed by atoms with Gasteiger partial charge in [-0.2, -0.15) is 0 Å². The minimum Gasteiger partial charge on any atom is -0.394 e. The first-order valence-corrected chi connectivity index (χ1v) is 6.34. The van der Waals surface area contributed by atoms with E-state index in [2.05, 4.69) is 15.0 Å². The van der Waals surface area contributed by atoms with Crippen molar-refractivity contribution >= 4 is 5.82 Å². The summed E-state index contributed by atoms with van der Waals surface area (Å²) in [6.45, 7) is -0.376. The molecule has 0 saturated carbocycles. The van der Waals surface area contributed by atoms with E-state index in [4.69, 9.17) is 15.6 Å². The van der Waals surface area contributed by atoms with Gasteiger partial charge in [0.05, 0.1) is 18.6 Å². The third-order valence-electron chi connectivity index (χ3n) is 3.36. The summed E-state index contributed by atoms with van der Waals surface area (Å²) < 4.78 is 6.92. The van der Waals surface area contributed by atoms with Crippen LogP contribution in [0, 0.1) is 0 Å². The average Bonchev–Trinajstić information content (AvgIpc) is 3.06. The Hall–Kier alpha value is -2.07. The van der Waals surface area contributed by atoms with Gasteiger partial charge in [-0.15, -0.1) is 0 Å². The van der Waals surface area contributed by atoms with E-state index >= 15 is 0 Å². The van der Waals surface area contributed by atoms with Crippen molar-refractivity contribution in [1.29, 1.82) is 0 Å². The quantitative estimate of drug-likeness (QED) is 0.538. The Kier molecular flexibility index (Phi) is 3.55. The van der Waals surface area contributed by atoms with Crippen LogP contribution in [0.4, 0.5) is 5.82 Å². The number of aromatic nitrogens is 4. The van der Waals surface area contributed by atoms with Gasteiger partial charge in [0, 0.05) is 12.3 Å². The van der Waals surface area contributed by atoms with E-state index < -0.39 is 24.5 Å². The third-order valence-corrected chi connectivity index (χ3v) is 3.36. The zero-order chi connectivity index (χ0) is 15.0. The molecule has 4 atom stereocenters. The molecule has 9 nitrogen and oxygen atoms in total. The lowest BCUT2D eigenvalue weighted by molar-refractivity contribution is -0.0527. The molecule has 21 heavy (non-hydrogen) atoms. The number of nitrogens with two attached hydrogens (primary N) is 1. The van der Waals surface area contributed by atoms with E-state index in [9.17, 15) is 10.2 Å². The predicted octanol–water partition coefficient (Wildman–Crippen LogP) is -1.47. The molecule has 112 valence electrons. The number of aliphatic hydroxyl groups is 3. The van der Waals surface area contributed by atoms with Crippen molar-refractivity contribution in [1.82, 2.24) is 19.5 Å². The maximum Gasteiger partial charge on any atom is 0.164 e. The number of anilines is 1. The van der Waals surface area contributed by atoms with E-state index in [0.29, 0.717) is 17.2 Å². The van der Waals surface area contributed by atoms with Gasteiger partial charge in [-0.25, -0.2) is 15.0 Å². The van der Waals surface area contributed by atoms with E-state index in [1.807, 2.05) is 0 Å². The molecule has 1 aliphatic heterocycles. The molecule has 2 aromatic rings. The average molecular weight is 293 g/mol. The molecule has 1 aliphatic rings. The Morgan fingerprint density at radius 2 is 2.00 bits per heavy atom. The third kappa shape index (κ3) is 2.47. The summed E-state index contributed by atoms with van der Waals surface area (Å²) in [5.41, 5.74) is 6.65. The monoisotopic (exact) mass is 293 g/mol. The zero-order valence-electron chi connectivity index (χ0n) is 10.9. The van der Waals surface area contributed by atoms with Crippen molar-refractivity contribution in [3.63, 3.8) is 0 Å². The van der Waals surface area contributed by atoms with Gasteiger partial charge < -0.3 is 30.4 Å². The van der Waals surface area contributed by atoms with Crippen LogP contribution in [0.1, 0.15) is 6.23 Å². The Morgan fingerprint density at radius 3 is 2.67 bits per heavy atom. The van der Waals surface area contributed by atoms with Crippen molar-refractivity contribution in [2.75, 3.05) is 12.3 Å². The van der Waals surface area contributed by atoms with Crippen LogP contribution < -0.4 is 5.73 Å². The van der Waals surface area contributed by atoms with E-state index in [1.54, 1.807) is 12.3 Å². The second-order valence-corrected chi connectivity index (χ2v) is 4.76. The number of hydrogen-bond acceptors (Lipinski definition) is 8. The van der Waals surface area contributed by atoms with Gasteiger partial charge in [0.15, 0.2) is 6.23 Å². The number of imidazole rings is 1. The Balaban J connectivity index is 1.86. The summed E-state index contributed by atoms with van der Waals surface area (Å²) >= 11 is 0. The summed E-state index contributed by atoms with van der Waals surface area (Å²) in [4.78, 5) is 12.0. The largest absolute Gasteiger partial charge is 0.394 e. The normalized spacial score (nSPS) is 28.9. The fourth-order valence-electron chi connectivity index (χ4n) is 2.25. The zero-order valence-corrected chi connectivity index (χ0v) is 10.9. The molecule has 0 bridgehead atoms. The first kappa shape index (κ1) is 13.9. The molecule has 1 fully saturated rings. The van der Waals surface area contributed by atoms with Crippen molar-refractivity contribution < 1.29 is 20.1 Å². The van der Waals surface area contributed by atoms with Crippen LogP contribution in [0.5, 0.6) is 0 Å². The van der Waals surface area contributed by atoms with Gasteiger partial charge in [-0.05, 0) is 0 Å². The Bertz CT molecular complexity index is 634. The van der Waals surface area contributed by atoms with Crippen molar-refractivity contribution in [3.8, 4) is 11.4 Å². The smallest absolute Gasteiger partial charge is 0.164 e. The van der Waals surface area contributed by atoms with Crippen molar-refractivity contribution in [2.24, 2.45) is 0 Å². The highest BCUT2D eigenvalue weighted by Gasteiger charge is 2.43. The first-order valence-electron chi connectivity index (χ1n) is 6.34. The molecule has 3 rings (SSSR count). The SMILES string of the molecule is Nc1cc(-c2cn([C@@H]3O[C@H](CO)[C@@H](O)[C@H]3O)cn2)ncn1. The van der Waals surface area contributed by atoms with E-state index in [-0.39, 0.29) is 6.61 Å². The number of rotatable bonds is 3. The summed E-state index contributed by atoms with van der Waals surface area (Å²) in [6, 6.07) is 1.57. The van der Waals surface area contributed by atoms with Crippen LogP contribution in [0.15, 0.2) is 24.9 Å². The molecule has 5 N–H and O–H groups in total. The molecule has 0 spiro atoms. The number of ether oxygens (including phenoxy) is 1. The minimum atomic E-state index is -1.15. The highest BCUT2D eigenvalue weighted by Crippen LogP contribution is 2.30. The fourth-order valence-corrected chi connectivity index (χ4v) is 2.25. The maximum absolute atomic E-state index is 9.96. The standard InChI is InChI=1S/C12H15N5O4/c13-9-1-6(14-4-15-9)7-2-17(5-16-7)12-11(20)10(19)8(3-18)21-12/h1-2,4-5,8,10-12,18-20H,3H2,(H2,13,14,15)/t8-,10-,11-,12-/m1/s1. The van der Waals surface area contributed by atoms with Crippen molar-refractivity contribution in [3.05, 3.63) is 24.9 Å². The Labute approximate surface area is 119 Å². The first-order chi connectivity index (χ1) is 10.1. The molecule has 0 amide bonds. The van der Waals surface area contributed by atoms with Crippen LogP contribution in [0.2, 0.25) is 0 Å². The predicted molar refractivity (Wildman–Crippen MR) is 70.7 cm³/mol. The fraction of sp³-hybridized carbons (Fsp3) is 0.417. The summed E-state index contributed by atoms with van der Waals surface area (Å²) in [5.74, 6) is 0.322. The van der Waals surface area contributed by atoms with Crippen LogP contribution in [-0.4, -0.2) is 59.8 Å². The molecular formula is C12H15N5O4. The van der Waals surface area contributed by atoms with Gasteiger partial charge in [-0.1, -0.05) is 0 Å². The number of aliphatic hydroxyl groups excluding tert-OH is 3. The lowest BCUT2D eigenvalue weighted by Gasteiger charge is -2.15. The molecule has 0 radical (unpaired) electrons. The molecule has 9 heteroatoms. The topological polar surface area (TPSA) is 140 Å². The molecule has 1 saturated heterocycles. The summed E-state index contributed by atoms with van der Waals surface area (Å²) in [5, 5.41) is 28.8. The van der Waals surface area contributed by atoms with Gasteiger partial charge >= 0.3 is 0 Å². The van der Waals surface area contributed by atoms with Crippen LogP contribution in [0.3, 0.4) is 0 Å². The second kappa shape index (κ2) is 5.37. The highest BCUT2D eigenvalue weighted by atomic mass is 16.6. The molecule has 2 aromatic heterocycles. The Morgan fingerprint density at radius 1 is 1.19 bits per heavy atom. The molecule has 0 aromatic carbocycles.